The Kier molecular flexibility index (Phi) is 4.94. The number of benzene rings is 1. The minimum atomic E-state index is -0.319. The molecule has 1 aliphatic heterocycles. The smallest absolute Gasteiger partial charge is 0.338 e. The highest BCUT2D eigenvalue weighted by Gasteiger charge is 2.13. The molecule has 0 bridgehead atoms. The predicted octanol–water partition coefficient (Wildman–Crippen LogP) is 0.366. The first-order valence-corrected chi connectivity index (χ1v) is 7.54. The van der Waals surface area contributed by atoms with Crippen molar-refractivity contribution in [3.8, 4) is 11.4 Å². The number of hydrogen-bond donors (Lipinski definition) is 0. The molecule has 8 heteroatoms. The fraction of sp³-hybridized carbons (Fsp3) is 0.467. The van der Waals surface area contributed by atoms with Crippen molar-refractivity contribution in [3.05, 3.63) is 29.8 Å². The second-order valence-electron chi connectivity index (χ2n) is 5.29. The standard InChI is InChI=1S/C15H19N5O3/c1-19-14(16-17-18-19)12-2-4-13(5-3-12)15(21)23-11-8-20-6-9-22-10-7-20/h2-5H,6-11H2,1H3. The van der Waals surface area contributed by atoms with Crippen LogP contribution in [-0.2, 0) is 16.5 Å². The maximum atomic E-state index is 12.0. The van der Waals surface area contributed by atoms with Gasteiger partial charge in [0, 0.05) is 32.2 Å². The van der Waals surface area contributed by atoms with Crippen molar-refractivity contribution >= 4 is 5.97 Å². The zero-order valence-electron chi connectivity index (χ0n) is 13.0. The van der Waals surface area contributed by atoms with Gasteiger partial charge in [0.15, 0.2) is 5.82 Å². The molecule has 0 saturated carbocycles. The quantitative estimate of drug-likeness (QED) is 0.737. The van der Waals surface area contributed by atoms with Crippen LogP contribution >= 0.6 is 0 Å². The first kappa shape index (κ1) is 15.6. The van der Waals surface area contributed by atoms with Crippen LogP contribution in [-0.4, -0.2) is 70.5 Å². The summed E-state index contributed by atoms with van der Waals surface area (Å²) in [4.78, 5) is 14.3. The molecule has 2 heterocycles. The molecule has 1 aliphatic rings. The van der Waals surface area contributed by atoms with Crippen molar-refractivity contribution in [2.75, 3.05) is 39.5 Å². The molecule has 0 unspecified atom stereocenters. The van der Waals surface area contributed by atoms with Crippen LogP contribution in [0.2, 0.25) is 0 Å². The lowest BCUT2D eigenvalue weighted by atomic mass is 10.1. The highest BCUT2D eigenvalue weighted by Crippen LogP contribution is 2.16. The van der Waals surface area contributed by atoms with Gasteiger partial charge in [0.05, 0.1) is 18.8 Å². The highest BCUT2D eigenvalue weighted by atomic mass is 16.5. The second kappa shape index (κ2) is 7.30. The molecule has 1 aromatic carbocycles. The molecule has 1 fully saturated rings. The highest BCUT2D eigenvalue weighted by molar-refractivity contribution is 5.89. The summed E-state index contributed by atoms with van der Waals surface area (Å²) in [6, 6.07) is 7.07. The van der Waals surface area contributed by atoms with Crippen LogP contribution in [0.25, 0.3) is 11.4 Å². The molecule has 2 aromatic rings. The van der Waals surface area contributed by atoms with Crippen molar-refractivity contribution < 1.29 is 14.3 Å². The second-order valence-corrected chi connectivity index (χ2v) is 5.29. The monoisotopic (exact) mass is 317 g/mol. The van der Waals surface area contributed by atoms with Crippen LogP contribution in [0, 0.1) is 0 Å². The molecule has 3 rings (SSSR count). The number of aryl methyl sites for hydroxylation is 1. The van der Waals surface area contributed by atoms with E-state index in [0.29, 0.717) is 18.0 Å². The van der Waals surface area contributed by atoms with Crippen LogP contribution in [0.4, 0.5) is 0 Å². The minimum Gasteiger partial charge on any atom is -0.461 e. The maximum absolute atomic E-state index is 12.0. The predicted molar refractivity (Wildman–Crippen MR) is 81.8 cm³/mol. The van der Waals surface area contributed by atoms with Gasteiger partial charge in [-0.1, -0.05) is 12.1 Å². The molecule has 0 aliphatic carbocycles. The van der Waals surface area contributed by atoms with Crippen LogP contribution in [0.1, 0.15) is 10.4 Å². The van der Waals surface area contributed by atoms with Gasteiger partial charge in [-0.15, -0.1) is 5.10 Å². The number of aromatic nitrogens is 4. The molecule has 0 atom stereocenters. The molecular formula is C15H19N5O3. The number of ether oxygens (including phenoxy) is 2. The number of morpholine rings is 1. The van der Waals surface area contributed by atoms with Gasteiger partial charge in [0.25, 0.3) is 0 Å². The summed E-state index contributed by atoms with van der Waals surface area (Å²) in [6.07, 6.45) is 0. The molecular weight excluding hydrogens is 298 g/mol. The summed E-state index contributed by atoms with van der Waals surface area (Å²) < 4.78 is 12.2. The summed E-state index contributed by atoms with van der Waals surface area (Å²) in [5, 5.41) is 11.3. The third-order valence-electron chi connectivity index (χ3n) is 3.74. The van der Waals surface area contributed by atoms with Gasteiger partial charge < -0.3 is 9.47 Å². The summed E-state index contributed by atoms with van der Waals surface area (Å²) in [5.74, 6) is 0.332. The average molecular weight is 317 g/mol. The van der Waals surface area contributed by atoms with Crippen LogP contribution in [0.5, 0.6) is 0 Å². The average Bonchev–Trinajstić information content (AvgIpc) is 3.02. The number of carbonyl (C=O) groups excluding carboxylic acids is 1. The van der Waals surface area contributed by atoms with Crippen molar-refractivity contribution in [2.24, 2.45) is 7.05 Å². The number of esters is 1. The summed E-state index contributed by atoms with van der Waals surface area (Å²) in [6.45, 7) is 4.38. The molecule has 0 radical (unpaired) electrons. The van der Waals surface area contributed by atoms with Crippen molar-refractivity contribution in [1.29, 1.82) is 0 Å². The Hall–Kier alpha value is -2.32. The lowest BCUT2D eigenvalue weighted by Crippen LogP contribution is -2.38. The third kappa shape index (κ3) is 3.91. The van der Waals surface area contributed by atoms with Gasteiger partial charge >= 0.3 is 5.97 Å². The van der Waals surface area contributed by atoms with Crippen LogP contribution in [0.3, 0.4) is 0 Å². The number of tetrazole rings is 1. The van der Waals surface area contributed by atoms with Crippen LogP contribution < -0.4 is 0 Å². The normalized spacial score (nSPS) is 15.5. The van der Waals surface area contributed by atoms with E-state index in [4.69, 9.17) is 9.47 Å². The molecule has 0 N–H and O–H groups in total. The Morgan fingerprint density at radius 3 is 2.65 bits per heavy atom. The van der Waals surface area contributed by atoms with Gasteiger partial charge in [-0.25, -0.2) is 9.48 Å². The SMILES string of the molecule is Cn1nnnc1-c1ccc(C(=O)OCCN2CCOCC2)cc1. The van der Waals surface area contributed by atoms with Gasteiger partial charge in [0.2, 0.25) is 0 Å². The van der Waals surface area contributed by atoms with E-state index in [9.17, 15) is 4.79 Å². The van der Waals surface area contributed by atoms with E-state index in [1.165, 1.54) is 0 Å². The molecule has 1 aromatic heterocycles. The van der Waals surface area contributed by atoms with E-state index in [1.807, 2.05) is 12.1 Å². The number of carbonyl (C=O) groups is 1. The Bertz CT molecular complexity index is 649. The van der Waals surface area contributed by atoms with E-state index in [-0.39, 0.29) is 5.97 Å². The zero-order chi connectivity index (χ0) is 16.1. The van der Waals surface area contributed by atoms with E-state index in [1.54, 1.807) is 23.9 Å². The number of rotatable bonds is 5. The Morgan fingerprint density at radius 2 is 2.00 bits per heavy atom. The van der Waals surface area contributed by atoms with E-state index >= 15 is 0 Å². The molecule has 1 saturated heterocycles. The van der Waals surface area contributed by atoms with Gasteiger partial charge in [0.1, 0.15) is 6.61 Å². The maximum Gasteiger partial charge on any atom is 0.338 e. The Balaban J connectivity index is 1.52. The summed E-state index contributed by atoms with van der Waals surface area (Å²) in [5.41, 5.74) is 1.37. The van der Waals surface area contributed by atoms with Crippen molar-refractivity contribution in [3.63, 3.8) is 0 Å². The molecule has 8 nitrogen and oxygen atoms in total. The van der Waals surface area contributed by atoms with Crippen molar-refractivity contribution in [1.82, 2.24) is 25.1 Å². The topological polar surface area (TPSA) is 82.4 Å². The molecule has 23 heavy (non-hydrogen) atoms. The van der Waals surface area contributed by atoms with Crippen LogP contribution in [0.15, 0.2) is 24.3 Å². The Labute approximate surface area is 134 Å². The number of hydrogen-bond acceptors (Lipinski definition) is 7. The minimum absolute atomic E-state index is 0.319. The lowest BCUT2D eigenvalue weighted by Gasteiger charge is -2.26. The fourth-order valence-electron chi connectivity index (χ4n) is 2.40. The largest absolute Gasteiger partial charge is 0.461 e. The summed E-state index contributed by atoms with van der Waals surface area (Å²) in [7, 11) is 1.77. The van der Waals surface area contributed by atoms with Gasteiger partial charge in [-0.05, 0) is 22.6 Å². The third-order valence-corrected chi connectivity index (χ3v) is 3.74. The number of nitrogens with zero attached hydrogens (tertiary/aromatic N) is 5. The van der Waals surface area contributed by atoms with Gasteiger partial charge in [-0.2, -0.15) is 0 Å². The molecule has 0 amide bonds. The first-order chi connectivity index (χ1) is 11.2. The van der Waals surface area contributed by atoms with E-state index in [0.717, 1.165) is 38.4 Å². The van der Waals surface area contributed by atoms with Crippen molar-refractivity contribution in [2.45, 2.75) is 0 Å². The van der Waals surface area contributed by atoms with Gasteiger partial charge in [-0.3, -0.25) is 4.90 Å². The fourth-order valence-corrected chi connectivity index (χ4v) is 2.40. The zero-order valence-corrected chi connectivity index (χ0v) is 13.0. The molecule has 0 spiro atoms. The first-order valence-electron chi connectivity index (χ1n) is 7.54. The lowest BCUT2D eigenvalue weighted by molar-refractivity contribution is 0.0195. The van der Waals surface area contributed by atoms with E-state index < -0.39 is 0 Å². The Morgan fingerprint density at radius 1 is 1.26 bits per heavy atom. The van der Waals surface area contributed by atoms with E-state index in [2.05, 4.69) is 20.4 Å². The summed E-state index contributed by atoms with van der Waals surface area (Å²) >= 11 is 0. The molecule has 122 valence electrons.